The van der Waals surface area contributed by atoms with Crippen LogP contribution in [0.1, 0.15) is 25.8 Å². The molecule has 0 bridgehead atoms. The Morgan fingerprint density at radius 3 is 2.47 bits per heavy atom. The van der Waals surface area contributed by atoms with E-state index in [9.17, 15) is 13.2 Å². The van der Waals surface area contributed by atoms with Gasteiger partial charge in [0.1, 0.15) is 5.75 Å². The molecule has 1 nitrogen and oxygen atoms in total. The molecule has 0 saturated carbocycles. The normalized spacial score (nSPS) is 11.9. The highest BCUT2D eigenvalue weighted by molar-refractivity contribution is 6.32. The van der Waals surface area contributed by atoms with E-state index < -0.39 is 11.7 Å². The third-order valence-electron chi connectivity index (χ3n) is 2.21. The number of hydrogen-bond donors (Lipinski definition) is 0. The Hall–Kier alpha value is -0.900. The van der Waals surface area contributed by atoms with Gasteiger partial charge in [-0.25, -0.2) is 0 Å². The smallest absolute Gasteiger partial charge is 0.416 e. The molecule has 96 valence electrons. The number of rotatable bonds is 4. The van der Waals surface area contributed by atoms with Crippen molar-refractivity contribution in [3.05, 3.63) is 28.8 Å². The van der Waals surface area contributed by atoms with Crippen molar-refractivity contribution in [1.82, 2.24) is 0 Å². The Morgan fingerprint density at radius 1 is 1.29 bits per heavy atom. The molecule has 17 heavy (non-hydrogen) atoms. The van der Waals surface area contributed by atoms with E-state index in [2.05, 4.69) is 0 Å². The summed E-state index contributed by atoms with van der Waals surface area (Å²) in [5.74, 6) is 0.515. The lowest BCUT2D eigenvalue weighted by Gasteiger charge is -2.12. The Morgan fingerprint density at radius 2 is 1.94 bits per heavy atom. The first-order chi connectivity index (χ1) is 7.80. The van der Waals surface area contributed by atoms with Crippen LogP contribution < -0.4 is 4.74 Å². The van der Waals surface area contributed by atoms with Crippen LogP contribution in [0.5, 0.6) is 5.75 Å². The molecule has 0 heterocycles. The summed E-state index contributed by atoms with van der Waals surface area (Å²) in [5.41, 5.74) is -0.749. The molecule has 0 amide bonds. The SMILES string of the molecule is CC(C)CCOc1cc(C(F)(F)F)ccc1Cl. The van der Waals surface area contributed by atoms with Crippen molar-refractivity contribution in [1.29, 1.82) is 0 Å². The Kier molecular flexibility index (Phi) is 4.69. The molecule has 0 aliphatic carbocycles. The van der Waals surface area contributed by atoms with Crippen LogP contribution in [0, 0.1) is 5.92 Å². The number of hydrogen-bond acceptors (Lipinski definition) is 1. The largest absolute Gasteiger partial charge is 0.492 e. The van der Waals surface area contributed by atoms with Gasteiger partial charge in [0.05, 0.1) is 17.2 Å². The van der Waals surface area contributed by atoms with Gasteiger partial charge in [0.2, 0.25) is 0 Å². The Balaban J connectivity index is 2.77. The molecule has 0 atom stereocenters. The molecular formula is C12H14ClF3O. The number of halogens is 4. The zero-order valence-corrected chi connectivity index (χ0v) is 10.4. The summed E-state index contributed by atoms with van der Waals surface area (Å²) in [5, 5.41) is 0.196. The van der Waals surface area contributed by atoms with E-state index in [1.165, 1.54) is 6.07 Å². The van der Waals surface area contributed by atoms with Gasteiger partial charge in [-0.3, -0.25) is 0 Å². The highest BCUT2D eigenvalue weighted by Crippen LogP contribution is 2.34. The second-order valence-corrected chi connectivity index (χ2v) is 4.58. The van der Waals surface area contributed by atoms with Crippen molar-refractivity contribution in [3.8, 4) is 5.75 Å². The zero-order valence-electron chi connectivity index (χ0n) is 9.64. The predicted molar refractivity (Wildman–Crippen MR) is 61.4 cm³/mol. The molecule has 0 spiro atoms. The van der Waals surface area contributed by atoms with Crippen molar-refractivity contribution in [2.24, 2.45) is 5.92 Å². The first-order valence-electron chi connectivity index (χ1n) is 5.30. The maximum atomic E-state index is 12.5. The summed E-state index contributed by atoms with van der Waals surface area (Å²) in [6.07, 6.45) is -3.60. The average molecular weight is 267 g/mol. The van der Waals surface area contributed by atoms with Crippen LogP contribution in [0.3, 0.4) is 0 Å². The first-order valence-corrected chi connectivity index (χ1v) is 5.68. The van der Waals surface area contributed by atoms with Gasteiger partial charge in [0.15, 0.2) is 0 Å². The van der Waals surface area contributed by atoms with Gasteiger partial charge in [-0.15, -0.1) is 0 Å². The number of alkyl halides is 3. The predicted octanol–water partition coefficient (Wildman–Crippen LogP) is 4.78. The summed E-state index contributed by atoms with van der Waals surface area (Å²) in [4.78, 5) is 0. The molecule has 1 rings (SSSR count). The zero-order chi connectivity index (χ0) is 13.1. The highest BCUT2D eigenvalue weighted by Gasteiger charge is 2.31. The van der Waals surface area contributed by atoms with Crippen molar-refractivity contribution < 1.29 is 17.9 Å². The van der Waals surface area contributed by atoms with Gasteiger partial charge in [-0.05, 0) is 30.5 Å². The van der Waals surface area contributed by atoms with Crippen molar-refractivity contribution >= 4 is 11.6 Å². The summed E-state index contributed by atoms with van der Waals surface area (Å²) in [6, 6.07) is 3.08. The summed E-state index contributed by atoms with van der Waals surface area (Å²) >= 11 is 5.77. The van der Waals surface area contributed by atoms with E-state index >= 15 is 0 Å². The van der Waals surface area contributed by atoms with Crippen molar-refractivity contribution in [3.63, 3.8) is 0 Å². The van der Waals surface area contributed by atoms with Gasteiger partial charge < -0.3 is 4.74 Å². The van der Waals surface area contributed by atoms with Gasteiger partial charge in [-0.2, -0.15) is 13.2 Å². The van der Waals surface area contributed by atoms with E-state index in [0.29, 0.717) is 12.5 Å². The molecule has 0 aromatic heterocycles. The van der Waals surface area contributed by atoms with Crippen LogP contribution in [0.2, 0.25) is 5.02 Å². The summed E-state index contributed by atoms with van der Waals surface area (Å²) in [7, 11) is 0. The quantitative estimate of drug-likeness (QED) is 0.762. The van der Waals surface area contributed by atoms with Gasteiger partial charge in [0, 0.05) is 0 Å². The van der Waals surface area contributed by atoms with E-state index in [1.54, 1.807) is 0 Å². The lowest BCUT2D eigenvalue weighted by atomic mass is 10.1. The molecule has 0 fully saturated rings. The summed E-state index contributed by atoms with van der Waals surface area (Å²) in [6.45, 7) is 4.38. The van der Waals surface area contributed by atoms with E-state index in [4.69, 9.17) is 16.3 Å². The topological polar surface area (TPSA) is 9.23 Å². The molecule has 0 saturated heterocycles. The molecule has 1 aromatic rings. The number of ether oxygens (including phenoxy) is 1. The first kappa shape index (κ1) is 14.2. The minimum atomic E-state index is -4.37. The second-order valence-electron chi connectivity index (χ2n) is 4.17. The second kappa shape index (κ2) is 5.63. The standard InChI is InChI=1S/C12H14ClF3O/c1-8(2)5-6-17-11-7-9(12(14,15)16)3-4-10(11)13/h3-4,7-8H,5-6H2,1-2H3. The van der Waals surface area contributed by atoms with Gasteiger partial charge in [-0.1, -0.05) is 25.4 Å². The van der Waals surface area contributed by atoms with Crippen molar-refractivity contribution in [2.75, 3.05) is 6.61 Å². The Bertz CT molecular complexity index is 375. The van der Waals surface area contributed by atoms with Crippen molar-refractivity contribution in [2.45, 2.75) is 26.4 Å². The molecule has 0 unspecified atom stereocenters. The van der Waals surface area contributed by atoms with Gasteiger partial charge >= 0.3 is 6.18 Å². The minimum absolute atomic E-state index is 0.0853. The van der Waals surface area contributed by atoms with Crippen LogP contribution in [0.25, 0.3) is 0 Å². The molecule has 1 aromatic carbocycles. The monoisotopic (exact) mass is 266 g/mol. The molecular weight excluding hydrogens is 253 g/mol. The number of benzene rings is 1. The molecule has 0 N–H and O–H groups in total. The van der Waals surface area contributed by atoms with Crippen LogP contribution >= 0.6 is 11.6 Å². The maximum absolute atomic E-state index is 12.5. The average Bonchev–Trinajstić information content (AvgIpc) is 2.18. The van der Waals surface area contributed by atoms with E-state index in [-0.39, 0.29) is 10.8 Å². The van der Waals surface area contributed by atoms with E-state index in [1.807, 2.05) is 13.8 Å². The fourth-order valence-corrected chi connectivity index (χ4v) is 1.37. The van der Waals surface area contributed by atoms with Crippen LogP contribution in [-0.2, 0) is 6.18 Å². The third-order valence-corrected chi connectivity index (χ3v) is 2.52. The minimum Gasteiger partial charge on any atom is -0.492 e. The summed E-state index contributed by atoms with van der Waals surface area (Å²) < 4.78 is 42.6. The maximum Gasteiger partial charge on any atom is 0.416 e. The van der Waals surface area contributed by atoms with Crippen LogP contribution in [-0.4, -0.2) is 6.61 Å². The highest BCUT2D eigenvalue weighted by atomic mass is 35.5. The van der Waals surface area contributed by atoms with Crippen LogP contribution in [0.4, 0.5) is 13.2 Å². The lowest BCUT2D eigenvalue weighted by Crippen LogP contribution is -2.06. The molecule has 0 aliphatic heterocycles. The molecule has 0 radical (unpaired) electrons. The molecule has 0 aliphatic rings. The lowest BCUT2D eigenvalue weighted by molar-refractivity contribution is -0.137. The molecule has 5 heteroatoms. The van der Waals surface area contributed by atoms with Gasteiger partial charge in [0.25, 0.3) is 0 Å². The fraction of sp³-hybridized carbons (Fsp3) is 0.500. The fourth-order valence-electron chi connectivity index (χ4n) is 1.19. The Labute approximate surface area is 104 Å². The third kappa shape index (κ3) is 4.46. The van der Waals surface area contributed by atoms with E-state index in [0.717, 1.165) is 18.6 Å². The van der Waals surface area contributed by atoms with Crippen LogP contribution in [0.15, 0.2) is 18.2 Å².